The first-order valence-corrected chi connectivity index (χ1v) is 5.85. The van der Waals surface area contributed by atoms with E-state index in [4.69, 9.17) is 9.84 Å². The van der Waals surface area contributed by atoms with E-state index in [0.29, 0.717) is 0 Å². The van der Waals surface area contributed by atoms with Crippen molar-refractivity contribution in [2.45, 2.75) is 6.92 Å². The van der Waals surface area contributed by atoms with Gasteiger partial charge in [0.25, 0.3) is 5.69 Å². The summed E-state index contributed by atoms with van der Waals surface area (Å²) in [5.41, 5.74) is -0.372. The molecule has 2 rings (SSSR count). The molecule has 0 aromatic heterocycles. The van der Waals surface area contributed by atoms with Gasteiger partial charge in [-0.2, -0.15) is 0 Å². The molecule has 0 amide bonds. The summed E-state index contributed by atoms with van der Waals surface area (Å²) in [6.07, 6.45) is 0. The van der Waals surface area contributed by atoms with Crippen LogP contribution in [0.15, 0.2) is 36.4 Å². The van der Waals surface area contributed by atoms with Crippen LogP contribution in [0, 0.1) is 22.9 Å². The molecule has 0 heterocycles. The standard InChI is InChI=1S/C14H10FNO5/c1-8-11(16(19)20)6-3-7-12(8)21-13-9(14(17)18)4-2-5-10(13)15/h2-7H,1H3,(H,17,18). The third-order valence-corrected chi connectivity index (χ3v) is 2.86. The molecule has 0 spiro atoms. The number of halogens is 1. The highest BCUT2D eigenvalue weighted by molar-refractivity contribution is 5.91. The molecule has 108 valence electrons. The van der Waals surface area contributed by atoms with E-state index in [9.17, 15) is 19.3 Å². The Morgan fingerprint density at radius 2 is 1.95 bits per heavy atom. The quantitative estimate of drug-likeness (QED) is 0.687. The van der Waals surface area contributed by atoms with E-state index >= 15 is 0 Å². The highest BCUT2D eigenvalue weighted by Gasteiger charge is 2.20. The summed E-state index contributed by atoms with van der Waals surface area (Å²) in [6.45, 7) is 1.44. The molecule has 0 atom stereocenters. The molecule has 0 fully saturated rings. The van der Waals surface area contributed by atoms with E-state index in [2.05, 4.69) is 0 Å². The summed E-state index contributed by atoms with van der Waals surface area (Å²) in [4.78, 5) is 21.3. The fourth-order valence-electron chi connectivity index (χ4n) is 1.80. The Labute approximate surface area is 118 Å². The maximum atomic E-state index is 13.8. The summed E-state index contributed by atoms with van der Waals surface area (Å²) in [5.74, 6) is -2.67. The number of ether oxygens (including phenoxy) is 1. The van der Waals surface area contributed by atoms with Crippen molar-refractivity contribution in [1.82, 2.24) is 0 Å². The summed E-state index contributed by atoms with van der Waals surface area (Å²) in [5, 5.41) is 19.9. The fraction of sp³-hybridized carbons (Fsp3) is 0.0714. The molecule has 7 heteroatoms. The van der Waals surface area contributed by atoms with Crippen molar-refractivity contribution in [2.75, 3.05) is 0 Å². The van der Waals surface area contributed by atoms with Gasteiger partial charge in [-0.3, -0.25) is 10.1 Å². The van der Waals surface area contributed by atoms with E-state index < -0.39 is 22.5 Å². The number of carbonyl (C=O) groups is 1. The lowest BCUT2D eigenvalue weighted by molar-refractivity contribution is -0.385. The molecule has 6 nitrogen and oxygen atoms in total. The van der Waals surface area contributed by atoms with Crippen molar-refractivity contribution in [2.24, 2.45) is 0 Å². The van der Waals surface area contributed by atoms with E-state index in [1.165, 1.54) is 37.3 Å². The van der Waals surface area contributed by atoms with Crippen molar-refractivity contribution in [3.63, 3.8) is 0 Å². The molecule has 0 unspecified atom stereocenters. The summed E-state index contributed by atoms with van der Waals surface area (Å²) < 4.78 is 19.0. The second kappa shape index (κ2) is 5.58. The highest BCUT2D eigenvalue weighted by Crippen LogP contribution is 2.33. The van der Waals surface area contributed by atoms with Gasteiger partial charge in [0.05, 0.1) is 10.5 Å². The molecule has 21 heavy (non-hydrogen) atoms. The number of nitrogens with zero attached hydrogens (tertiary/aromatic N) is 1. The van der Waals surface area contributed by atoms with Gasteiger partial charge < -0.3 is 9.84 Å². The minimum Gasteiger partial charge on any atom is -0.478 e. The SMILES string of the molecule is Cc1c(Oc2c(F)cccc2C(=O)O)cccc1[N+](=O)[O-]. The van der Waals surface area contributed by atoms with Crippen molar-refractivity contribution in [3.05, 3.63) is 63.5 Å². The van der Waals surface area contributed by atoms with Crippen molar-refractivity contribution in [1.29, 1.82) is 0 Å². The molecule has 0 aliphatic heterocycles. The molecular weight excluding hydrogens is 281 g/mol. The van der Waals surface area contributed by atoms with Crippen LogP contribution in [0.2, 0.25) is 0 Å². The smallest absolute Gasteiger partial charge is 0.339 e. The Balaban J connectivity index is 2.51. The number of rotatable bonds is 4. The number of nitro benzene ring substituents is 1. The molecular formula is C14H10FNO5. The average molecular weight is 291 g/mol. The number of aromatic carboxylic acids is 1. The Kier molecular flexibility index (Phi) is 3.84. The lowest BCUT2D eigenvalue weighted by atomic mass is 10.1. The second-order valence-corrected chi connectivity index (χ2v) is 4.18. The molecule has 0 aliphatic carbocycles. The van der Waals surface area contributed by atoms with Gasteiger partial charge in [-0.25, -0.2) is 9.18 Å². The van der Waals surface area contributed by atoms with Crippen LogP contribution < -0.4 is 4.74 Å². The zero-order valence-corrected chi connectivity index (χ0v) is 10.9. The fourth-order valence-corrected chi connectivity index (χ4v) is 1.80. The molecule has 2 aromatic rings. The summed E-state index contributed by atoms with van der Waals surface area (Å²) in [6, 6.07) is 7.54. The maximum Gasteiger partial charge on any atom is 0.339 e. The summed E-state index contributed by atoms with van der Waals surface area (Å²) in [7, 11) is 0. The van der Waals surface area contributed by atoms with Crippen LogP contribution in [-0.2, 0) is 0 Å². The van der Waals surface area contributed by atoms with Crippen LogP contribution in [0.4, 0.5) is 10.1 Å². The van der Waals surface area contributed by atoms with Gasteiger partial charge in [0, 0.05) is 6.07 Å². The molecule has 0 saturated heterocycles. The summed E-state index contributed by atoms with van der Waals surface area (Å²) >= 11 is 0. The molecule has 0 saturated carbocycles. The van der Waals surface area contributed by atoms with Gasteiger partial charge in [0.2, 0.25) is 0 Å². The third kappa shape index (κ3) is 2.81. The van der Waals surface area contributed by atoms with E-state index in [1.54, 1.807) is 0 Å². The number of benzene rings is 2. The van der Waals surface area contributed by atoms with Crippen molar-refractivity contribution < 1.29 is 24.0 Å². The predicted octanol–water partition coefficient (Wildman–Crippen LogP) is 3.53. The first-order chi connectivity index (χ1) is 9.91. The average Bonchev–Trinajstić information content (AvgIpc) is 2.42. The minimum absolute atomic E-state index is 0.0248. The third-order valence-electron chi connectivity index (χ3n) is 2.86. The van der Waals surface area contributed by atoms with Crippen LogP contribution in [0.5, 0.6) is 11.5 Å². The number of para-hydroxylation sites is 1. The van der Waals surface area contributed by atoms with Gasteiger partial charge in [0.15, 0.2) is 11.6 Å². The number of hydrogen-bond donors (Lipinski definition) is 1. The largest absolute Gasteiger partial charge is 0.478 e. The predicted molar refractivity (Wildman–Crippen MR) is 71.3 cm³/mol. The van der Waals surface area contributed by atoms with E-state index in [-0.39, 0.29) is 22.6 Å². The van der Waals surface area contributed by atoms with Crippen LogP contribution in [0.1, 0.15) is 15.9 Å². The van der Waals surface area contributed by atoms with Gasteiger partial charge in [-0.15, -0.1) is 0 Å². The van der Waals surface area contributed by atoms with Gasteiger partial charge in [-0.1, -0.05) is 12.1 Å². The molecule has 0 aliphatic rings. The van der Waals surface area contributed by atoms with Crippen LogP contribution in [0.3, 0.4) is 0 Å². The van der Waals surface area contributed by atoms with E-state index in [0.717, 1.165) is 6.07 Å². The van der Waals surface area contributed by atoms with E-state index in [1.807, 2.05) is 0 Å². The lowest BCUT2D eigenvalue weighted by Crippen LogP contribution is -2.03. The van der Waals surface area contributed by atoms with Gasteiger partial charge >= 0.3 is 5.97 Å². The molecule has 0 bridgehead atoms. The zero-order chi connectivity index (χ0) is 15.6. The Morgan fingerprint density at radius 1 is 1.29 bits per heavy atom. The molecule has 1 N–H and O–H groups in total. The van der Waals surface area contributed by atoms with Crippen molar-refractivity contribution >= 4 is 11.7 Å². The maximum absolute atomic E-state index is 13.8. The minimum atomic E-state index is -1.35. The number of carboxylic acid groups (broad SMARTS) is 1. The first kappa shape index (κ1) is 14.4. The van der Waals surface area contributed by atoms with Gasteiger partial charge in [-0.05, 0) is 25.1 Å². The molecule has 0 radical (unpaired) electrons. The lowest BCUT2D eigenvalue weighted by Gasteiger charge is -2.11. The number of carboxylic acids is 1. The normalized spacial score (nSPS) is 10.2. The zero-order valence-electron chi connectivity index (χ0n) is 10.9. The van der Waals surface area contributed by atoms with Crippen molar-refractivity contribution in [3.8, 4) is 11.5 Å². The highest BCUT2D eigenvalue weighted by atomic mass is 19.1. The van der Waals surface area contributed by atoms with Gasteiger partial charge in [0.1, 0.15) is 11.3 Å². The first-order valence-electron chi connectivity index (χ1n) is 5.85. The van der Waals surface area contributed by atoms with Crippen LogP contribution in [-0.4, -0.2) is 16.0 Å². The molecule has 2 aromatic carbocycles. The Morgan fingerprint density at radius 3 is 2.57 bits per heavy atom. The Hall–Kier alpha value is -2.96. The monoisotopic (exact) mass is 291 g/mol. The number of hydrogen-bond acceptors (Lipinski definition) is 4. The van der Waals surface area contributed by atoms with Crippen LogP contribution in [0.25, 0.3) is 0 Å². The van der Waals surface area contributed by atoms with Crippen LogP contribution >= 0.6 is 0 Å². The second-order valence-electron chi connectivity index (χ2n) is 4.18. The topological polar surface area (TPSA) is 89.7 Å². The Bertz CT molecular complexity index is 729. The number of nitro groups is 1.